The Bertz CT molecular complexity index is 1080. The van der Waals surface area contributed by atoms with E-state index in [2.05, 4.69) is 31.5 Å². The average Bonchev–Trinajstić information content (AvgIpc) is 3.03. The number of carbonyl (C=O) groups excluding carboxylic acids is 1. The summed E-state index contributed by atoms with van der Waals surface area (Å²) in [7, 11) is 7.76. The first-order valence-electron chi connectivity index (χ1n) is 11.9. The zero-order chi connectivity index (χ0) is 24.6. The summed E-state index contributed by atoms with van der Waals surface area (Å²) in [5.74, 6) is 1.22. The Kier molecular flexibility index (Phi) is 6.63. The van der Waals surface area contributed by atoms with Crippen molar-refractivity contribution in [1.29, 1.82) is 0 Å². The summed E-state index contributed by atoms with van der Waals surface area (Å²) in [5, 5.41) is 0. The van der Waals surface area contributed by atoms with Crippen LogP contribution in [0.5, 0.6) is 11.5 Å². The van der Waals surface area contributed by atoms with Crippen molar-refractivity contribution in [2.75, 3.05) is 39.7 Å². The van der Waals surface area contributed by atoms with Crippen LogP contribution < -0.4 is 14.4 Å². The second-order valence-electron chi connectivity index (χ2n) is 9.87. The van der Waals surface area contributed by atoms with E-state index < -0.39 is 0 Å². The molecule has 4 rings (SSSR count). The highest BCUT2D eigenvalue weighted by Crippen LogP contribution is 2.56. The van der Waals surface area contributed by atoms with E-state index in [9.17, 15) is 4.79 Å². The fourth-order valence-electron chi connectivity index (χ4n) is 5.38. The van der Waals surface area contributed by atoms with Gasteiger partial charge in [0, 0.05) is 38.3 Å². The summed E-state index contributed by atoms with van der Waals surface area (Å²) >= 11 is 0. The van der Waals surface area contributed by atoms with Gasteiger partial charge in [-0.05, 0) is 69.8 Å². The van der Waals surface area contributed by atoms with Crippen LogP contribution in [0, 0.1) is 0 Å². The Morgan fingerprint density at radius 3 is 2.59 bits per heavy atom. The lowest BCUT2D eigenvalue weighted by atomic mass is 9.67. The summed E-state index contributed by atoms with van der Waals surface area (Å²) < 4.78 is 18.1. The van der Waals surface area contributed by atoms with E-state index in [1.165, 1.54) is 11.1 Å². The molecule has 3 atom stereocenters. The van der Waals surface area contributed by atoms with Crippen molar-refractivity contribution < 1.29 is 19.0 Å². The van der Waals surface area contributed by atoms with Gasteiger partial charge in [-0.25, -0.2) is 4.79 Å². The van der Waals surface area contributed by atoms with Gasteiger partial charge in [0.1, 0.15) is 12.2 Å². The summed E-state index contributed by atoms with van der Waals surface area (Å²) in [4.78, 5) is 17.2. The number of nitrogens with zero attached hydrogens (tertiary/aromatic N) is 2. The molecular weight excluding hydrogens is 428 g/mol. The van der Waals surface area contributed by atoms with Crippen molar-refractivity contribution in [2.24, 2.45) is 0 Å². The van der Waals surface area contributed by atoms with Crippen molar-refractivity contribution in [2.45, 2.75) is 50.9 Å². The van der Waals surface area contributed by atoms with Crippen molar-refractivity contribution >= 4 is 11.7 Å². The van der Waals surface area contributed by atoms with E-state index in [0.29, 0.717) is 12.0 Å². The first kappa shape index (κ1) is 24.1. The largest absolute Gasteiger partial charge is 0.493 e. The number of carbonyl (C=O) groups is 1. The van der Waals surface area contributed by atoms with Gasteiger partial charge in [-0.2, -0.15) is 0 Å². The predicted molar refractivity (Wildman–Crippen MR) is 135 cm³/mol. The van der Waals surface area contributed by atoms with Gasteiger partial charge in [-0.3, -0.25) is 0 Å². The maximum absolute atomic E-state index is 12.8. The Balaban J connectivity index is 1.59. The third kappa shape index (κ3) is 4.16. The van der Waals surface area contributed by atoms with Crippen LogP contribution in [-0.4, -0.2) is 57.9 Å². The summed E-state index contributed by atoms with van der Waals surface area (Å²) in [6, 6.07) is 11.6. The molecule has 2 aliphatic rings. The topological polar surface area (TPSA) is 51.2 Å². The van der Waals surface area contributed by atoms with Gasteiger partial charge in [0.2, 0.25) is 0 Å². The Morgan fingerprint density at radius 2 is 1.97 bits per heavy atom. The van der Waals surface area contributed by atoms with Gasteiger partial charge in [-0.15, -0.1) is 0 Å². The fourth-order valence-corrected chi connectivity index (χ4v) is 5.38. The molecule has 0 aliphatic carbocycles. The van der Waals surface area contributed by atoms with Gasteiger partial charge < -0.3 is 24.0 Å². The molecule has 0 aromatic heterocycles. The van der Waals surface area contributed by atoms with Crippen LogP contribution >= 0.6 is 0 Å². The number of rotatable bonds is 7. The first-order chi connectivity index (χ1) is 16.2. The highest BCUT2D eigenvalue weighted by Gasteiger charge is 2.53. The van der Waals surface area contributed by atoms with E-state index in [1.807, 2.05) is 44.1 Å². The van der Waals surface area contributed by atoms with Crippen LogP contribution in [0.25, 0.3) is 0 Å². The minimum Gasteiger partial charge on any atom is -0.493 e. The van der Waals surface area contributed by atoms with Crippen LogP contribution in [0.4, 0.5) is 5.69 Å². The van der Waals surface area contributed by atoms with Crippen molar-refractivity contribution in [3.05, 3.63) is 65.2 Å². The fraction of sp³-hybridized carbons (Fsp3) is 0.464. The highest BCUT2D eigenvalue weighted by molar-refractivity contribution is 5.90. The first-order valence-corrected chi connectivity index (χ1v) is 11.9. The molecule has 0 radical (unpaired) electrons. The quantitative estimate of drug-likeness (QED) is 0.433. The lowest BCUT2D eigenvalue weighted by Gasteiger charge is -2.36. The molecule has 0 fully saturated rings. The molecule has 2 aromatic carbocycles. The molecule has 1 unspecified atom stereocenters. The molecule has 182 valence electrons. The zero-order valence-corrected chi connectivity index (χ0v) is 21.2. The second kappa shape index (κ2) is 9.34. The molecule has 0 amide bonds. The van der Waals surface area contributed by atoms with Crippen molar-refractivity contribution in [1.82, 2.24) is 4.90 Å². The molecule has 0 saturated carbocycles. The Hall–Kier alpha value is -2.99. The number of esters is 1. The lowest BCUT2D eigenvalue weighted by Crippen LogP contribution is -2.42. The van der Waals surface area contributed by atoms with E-state index in [4.69, 9.17) is 14.2 Å². The van der Waals surface area contributed by atoms with Gasteiger partial charge in [0.05, 0.1) is 18.1 Å². The molecule has 0 bridgehead atoms. The van der Waals surface area contributed by atoms with E-state index in [1.54, 1.807) is 19.2 Å². The summed E-state index contributed by atoms with van der Waals surface area (Å²) in [5.41, 5.74) is 4.73. The Morgan fingerprint density at radius 1 is 1.26 bits per heavy atom. The minimum absolute atomic E-state index is 0.194. The van der Waals surface area contributed by atoms with Crippen LogP contribution in [-0.2, 0) is 16.7 Å². The molecule has 0 saturated heterocycles. The Labute approximate surface area is 203 Å². The summed E-state index contributed by atoms with van der Waals surface area (Å²) in [6.07, 6.45) is 0.936. The molecular formula is C28H36N2O4. The zero-order valence-electron chi connectivity index (χ0n) is 21.2. The SMILES string of the molecule is C=C(C)[C@@]12CCN(C)Cc3ccc(OC)c(c31)OC2C[C@H](C)OC(=O)c1ccc(N(C)C)cc1. The second-order valence-corrected chi connectivity index (χ2v) is 9.87. The predicted octanol–water partition coefficient (Wildman–Crippen LogP) is 4.81. The number of benzene rings is 2. The molecule has 0 spiro atoms. The maximum Gasteiger partial charge on any atom is 0.338 e. The molecule has 2 heterocycles. The molecule has 2 aliphatic heterocycles. The number of hydrogen-bond acceptors (Lipinski definition) is 6. The van der Waals surface area contributed by atoms with Gasteiger partial charge in [0.15, 0.2) is 11.5 Å². The van der Waals surface area contributed by atoms with Gasteiger partial charge in [-0.1, -0.05) is 18.2 Å². The standard InChI is InChI=1S/C28H36N2O4/c1-18(2)28-14-15-30(6)17-21-10-13-23(32-7)26(25(21)28)34-24(28)16-19(3)33-27(31)20-8-11-22(12-9-20)29(4)5/h8-13,19,24H,1,14-17H2,2-7H3/t19-,24?,28+/m0/s1. The average molecular weight is 465 g/mol. The third-order valence-corrected chi connectivity index (χ3v) is 7.25. The number of hydrogen-bond donors (Lipinski definition) is 0. The molecule has 0 N–H and O–H groups in total. The minimum atomic E-state index is -0.349. The van der Waals surface area contributed by atoms with Crippen molar-refractivity contribution in [3.8, 4) is 11.5 Å². The van der Waals surface area contributed by atoms with Gasteiger partial charge >= 0.3 is 5.97 Å². The molecule has 6 nitrogen and oxygen atoms in total. The van der Waals surface area contributed by atoms with Crippen LogP contribution in [0.15, 0.2) is 48.6 Å². The monoisotopic (exact) mass is 464 g/mol. The highest BCUT2D eigenvalue weighted by atomic mass is 16.6. The van der Waals surface area contributed by atoms with Crippen LogP contribution in [0.2, 0.25) is 0 Å². The number of anilines is 1. The van der Waals surface area contributed by atoms with E-state index >= 15 is 0 Å². The molecule has 2 aromatic rings. The third-order valence-electron chi connectivity index (χ3n) is 7.25. The van der Waals surface area contributed by atoms with Crippen LogP contribution in [0.1, 0.15) is 48.2 Å². The summed E-state index contributed by atoms with van der Waals surface area (Å²) in [6.45, 7) is 10.2. The van der Waals surface area contributed by atoms with E-state index in [-0.39, 0.29) is 23.6 Å². The molecule has 34 heavy (non-hydrogen) atoms. The lowest BCUT2D eigenvalue weighted by molar-refractivity contribution is 0.0180. The van der Waals surface area contributed by atoms with E-state index in [0.717, 1.165) is 42.3 Å². The van der Waals surface area contributed by atoms with Gasteiger partial charge in [0.25, 0.3) is 0 Å². The normalized spacial score (nSPS) is 22.2. The smallest absolute Gasteiger partial charge is 0.338 e. The molecule has 6 heteroatoms. The van der Waals surface area contributed by atoms with Crippen molar-refractivity contribution in [3.63, 3.8) is 0 Å². The van der Waals surface area contributed by atoms with Crippen LogP contribution in [0.3, 0.4) is 0 Å². The number of methoxy groups -OCH3 is 1. The maximum atomic E-state index is 12.8. The number of ether oxygens (including phenoxy) is 3.